The monoisotopic (exact) mass is 326 g/mol. The lowest BCUT2D eigenvalue weighted by Gasteiger charge is -2.12. The molecule has 0 aliphatic rings. The number of carbonyl (C=O) groups is 3. The van der Waals surface area contributed by atoms with E-state index >= 15 is 0 Å². The number of hydrogen-bond donors (Lipinski definition) is 0. The quantitative estimate of drug-likeness (QED) is 0.623. The summed E-state index contributed by atoms with van der Waals surface area (Å²) in [6.07, 6.45) is -0.902. The van der Waals surface area contributed by atoms with Gasteiger partial charge in [0.05, 0.1) is 18.2 Å². The summed E-state index contributed by atoms with van der Waals surface area (Å²) in [5.41, 5.74) is 2.12. The average molecular weight is 326 g/mol. The predicted molar refractivity (Wildman–Crippen MR) is 88.2 cm³/mol. The molecule has 0 fully saturated rings. The first-order valence-electron chi connectivity index (χ1n) is 7.42. The lowest BCUT2D eigenvalue weighted by Crippen LogP contribution is -2.24. The number of Topliss-reactive ketones (excluding diaryl/α,β-unsaturated/α-hetero) is 1. The summed E-state index contributed by atoms with van der Waals surface area (Å²) in [6, 6.07) is 12.9. The Labute approximate surface area is 140 Å². The fourth-order valence-corrected chi connectivity index (χ4v) is 2.09. The van der Waals surface area contributed by atoms with Crippen molar-refractivity contribution in [1.29, 1.82) is 0 Å². The third-order valence-corrected chi connectivity index (χ3v) is 3.53. The molecule has 0 aliphatic carbocycles. The molecule has 0 bridgehead atoms. The molecule has 0 spiro atoms. The van der Waals surface area contributed by atoms with E-state index in [4.69, 9.17) is 4.74 Å². The van der Waals surface area contributed by atoms with Gasteiger partial charge in [-0.1, -0.05) is 29.8 Å². The van der Waals surface area contributed by atoms with E-state index in [1.54, 1.807) is 12.1 Å². The number of ether oxygens (including phenoxy) is 2. The molecule has 0 N–H and O–H groups in total. The lowest BCUT2D eigenvalue weighted by molar-refractivity contribution is 0.0318. The average Bonchev–Trinajstić information content (AvgIpc) is 2.61. The fraction of sp³-hybridized carbons (Fsp3) is 0.211. The minimum atomic E-state index is -0.902. The minimum absolute atomic E-state index is 0.256. The first-order chi connectivity index (χ1) is 11.4. The van der Waals surface area contributed by atoms with Gasteiger partial charge in [-0.15, -0.1) is 0 Å². The molecule has 5 heteroatoms. The molecule has 1 unspecified atom stereocenters. The van der Waals surface area contributed by atoms with E-state index in [0.717, 1.165) is 5.56 Å². The van der Waals surface area contributed by atoms with Crippen LogP contribution < -0.4 is 0 Å². The Morgan fingerprint density at radius 2 is 1.25 bits per heavy atom. The molecule has 0 saturated carbocycles. The van der Waals surface area contributed by atoms with Crippen molar-refractivity contribution in [2.24, 2.45) is 0 Å². The van der Waals surface area contributed by atoms with Crippen molar-refractivity contribution in [2.75, 3.05) is 7.11 Å². The molecule has 124 valence electrons. The Hall–Kier alpha value is -2.95. The van der Waals surface area contributed by atoms with E-state index in [0.29, 0.717) is 11.1 Å². The zero-order valence-electron chi connectivity index (χ0n) is 13.7. The maximum Gasteiger partial charge on any atom is 0.338 e. The van der Waals surface area contributed by atoms with Crippen LogP contribution in [-0.2, 0) is 9.47 Å². The van der Waals surface area contributed by atoms with E-state index in [1.807, 2.05) is 19.1 Å². The largest absolute Gasteiger partial charge is 0.465 e. The number of carbonyl (C=O) groups excluding carboxylic acids is 3. The van der Waals surface area contributed by atoms with Gasteiger partial charge in [0.1, 0.15) is 0 Å². The van der Waals surface area contributed by atoms with Crippen molar-refractivity contribution < 1.29 is 23.9 Å². The highest BCUT2D eigenvalue weighted by Gasteiger charge is 2.20. The van der Waals surface area contributed by atoms with Gasteiger partial charge in [-0.25, -0.2) is 9.59 Å². The molecule has 2 rings (SSSR count). The molecule has 24 heavy (non-hydrogen) atoms. The SMILES string of the molecule is COC(=O)c1ccc(C(=O)OC(C)C(=O)c2ccc(C)cc2)cc1. The van der Waals surface area contributed by atoms with Crippen molar-refractivity contribution in [3.63, 3.8) is 0 Å². The summed E-state index contributed by atoms with van der Waals surface area (Å²) in [7, 11) is 1.28. The van der Waals surface area contributed by atoms with Gasteiger partial charge in [-0.3, -0.25) is 4.79 Å². The van der Waals surface area contributed by atoms with Gasteiger partial charge >= 0.3 is 11.9 Å². The van der Waals surface area contributed by atoms with Crippen LogP contribution in [0.25, 0.3) is 0 Å². The van der Waals surface area contributed by atoms with E-state index in [-0.39, 0.29) is 11.3 Å². The van der Waals surface area contributed by atoms with Crippen molar-refractivity contribution in [2.45, 2.75) is 20.0 Å². The second kappa shape index (κ2) is 7.55. The molecule has 0 aromatic heterocycles. The normalized spacial score (nSPS) is 11.5. The minimum Gasteiger partial charge on any atom is -0.465 e. The Morgan fingerprint density at radius 3 is 1.75 bits per heavy atom. The van der Waals surface area contributed by atoms with Gasteiger partial charge in [0.15, 0.2) is 6.10 Å². The Kier molecular flexibility index (Phi) is 5.47. The summed E-state index contributed by atoms with van der Waals surface area (Å²) in [5, 5.41) is 0. The van der Waals surface area contributed by atoms with Gasteiger partial charge in [0.25, 0.3) is 0 Å². The van der Waals surface area contributed by atoms with Crippen LogP contribution in [0.1, 0.15) is 43.6 Å². The maximum atomic E-state index is 12.3. The number of rotatable bonds is 5. The molecule has 1 atom stereocenters. The van der Waals surface area contributed by atoms with E-state index < -0.39 is 18.0 Å². The molecule has 0 aliphatic heterocycles. The zero-order valence-corrected chi connectivity index (χ0v) is 13.7. The Morgan fingerprint density at radius 1 is 0.792 bits per heavy atom. The molecule has 0 amide bonds. The molecular formula is C19H18O5. The second-order valence-electron chi connectivity index (χ2n) is 5.35. The van der Waals surface area contributed by atoms with Crippen LogP contribution in [0.2, 0.25) is 0 Å². The van der Waals surface area contributed by atoms with Crippen LogP contribution in [0.4, 0.5) is 0 Å². The highest BCUT2D eigenvalue weighted by Crippen LogP contribution is 2.12. The third kappa shape index (κ3) is 4.07. The highest BCUT2D eigenvalue weighted by molar-refractivity contribution is 6.01. The van der Waals surface area contributed by atoms with Gasteiger partial charge in [-0.05, 0) is 38.1 Å². The van der Waals surface area contributed by atoms with Gasteiger partial charge in [0, 0.05) is 5.56 Å². The molecule has 0 saturated heterocycles. The first-order valence-corrected chi connectivity index (χ1v) is 7.42. The van der Waals surface area contributed by atoms with Crippen molar-refractivity contribution >= 4 is 17.7 Å². The number of esters is 2. The molecule has 0 radical (unpaired) electrons. The van der Waals surface area contributed by atoms with Crippen LogP contribution >= 0.6 is 0 Å². The topological polar surface area (TPSA) is 69.7 Å². The lowest BCUT2D eigenvalue weighted by atomic mass is 10.1. The van der Waals surface area contributed by atoms with E-state index in [9.17, 15) is 14.4 Å². The van der Waals surface area contributed by atoms with Crippen molar-refractivity contribution in [3.8, 4) is 0 Å². The van der Waals surface area contributed by atoms with Gasteiger partial charge in [0.2, 0.25) is 5.78 Å². The second-order valence-corrected chi connectivity index (χ2v) is 5.35. The van der Waals surface area contributed by atoms with Gasteiger partial charge < -0.3 is 9.47 Å². The number of ketones is 1. The molecule has 2 aromatic rings. The summed E-state index contributed by atoms with van der Waals surface area (Å²) in [6.45, 7) is 3.46. The highest BCUT2D eigenvalue weighted by atomic mass is 16.5. The predicted octanol–water partition coefficient (Wildman–Crippen LogP) is 3.21. The van der Waals surface area contributed by atoms with Crippen LogP contribution in [0.3, 0.4) is 0 Å². The van der Waals surface area contributed by atoms with Gasteiger partial charge in [-0.2, -0.15) is 0 Å². The summed E-state index contributed by atoms with van der Waals surface area (Å²) >= 11 is 0. The van der Waals surface area contributed by atoms with Crippen LogP contribution in [0.5, 0.6) is 0 Å². The third-order valence-electron chi connectivity index (χ3n) is 3.53. The zero-order chi connectivity index (χ0) is 17.7. The van der Waals surface area contributed by atoms with Crippen LogP contribution in [-0.4, -0.2) is 30.9 Å². The first kappa shape index (κ1) is 17.4. The molecule has 5 nitrogen and oxygen atoms in total. The van der Waals surface area contributed by atoms with Crippen LogP contribution in [0, 0.1) is 6.92 Å². The Balaban J connectivity index is 2.04. The number of methoxy groups -OCH3 is 1. The smallest absolute Gasteiger partial charge is 0.338 e. The maximum absolute atomic E-state index is 12.3. The fourth-order valence-electron chi connectivity index (χ4n) is 2.09. The van der Waals surface area contributed by atoms with E-state index in [1.165, 1.54) is 38.3 Å². The summed E-state index contributed by atoms with van der Waals surface area (Å²) < 4.78 is 9.80. The Bertz CT molecular complexity index is 744. The number of benzene rings is 2. The molecule has 0 heterocycles. The summed E-state index contributed by atoms with van der Waals surface area (Å²) in [5.74, 6) is -1.38. The summed E-state index contributed by atoms with van der Waals surface area (Å²) in [4.78, 5) is 35.7. The van der Waals surface area contributed by atoms with Crippen LogP contribution in [0.15, 0.2) is 48.5 Å². The molecule has 2 aromatic carbocycles. The molecular weight excluding hydrogens is 308 g/mol. The standard InChI is InChI=1S/C19H18O5/c1-12-4-6-14(7-5-12)17(20)13(2)24-19(22)16-10-8-15(9-11-16)18(21)23-3/h4-11,13H,1-3H3. The van der Waals surface area contributed by atoms with Crippen molar-refractivity contribution in [3.05, 3.63) is 70.8 Å². The van der Waals surface area contributed by atoms with E-state index in [2.05, 4.69) is 4.74 Å². The number of aryl methyl sites for hydroxylation is 1. The number of hydrogen-bond acceptors (Lipinski definition) is 5. The van der Waals surface area contributed by atoms with Crippen molar-refractivity contribution in [1.82, 2.24) is 0 Å².